The Morgan fingerprint density at radius 2 is 1.63 bits per heavy atom. The molecule has 4 heteroatoms. The van der Waals surface area contributed by atoms with Gasteiger partial charge in [-0.2, -0.15) is 0 Å². The van der Waals surface area contributed by atoms with E-state index in [-0.39, 0.29) is 22.9 Å². The van der Waals surface area contributed by atoms with Crippen molar-refractivity contribution in [2.75, 3.05) is 0 Å². The third kappa shape index (κ3) is 1.43. The van der Waals surface area contributed by atoms with Crippen LogP contribution in [0.25, 0.3) is 0 Å². The Kier molecular flexibility index (Phi) is 2.29. The van der Waals surface area contributed by atoms with Gasteiger partial charge >= 0.3 is 0 Å². The molecule has 0 atom stereocenters. The van der Waals surface area contributed by atoms with Gasteiger partial charge < -0.3 is 4.57 Å². The average molecular weight is 253 g/mol. The highest BCUT2D eigenvalue weighted by Gasteiger charge is 2.35. The zero-order chi connectivity index (χ0) is 13.7. The van der Waals surface area contributed by atoms with Crippen molar-refractivity contribution in [2.24, 2.45) is 7.05 Å². The first-order valence-electron chi connectivity index (χ1n) is 5.91. The highest BCUT2D eigenvalue weighted by atomic mass is 16.1. The number of rotatable bonds is 1. The van der Waals surface area contributed by atoms with Gasteiger partial charge in [0.05, 0.1) is 5.56 Å². The highest BCUT2D eigenvalue weighted by Crippen LogP contribution is 2.30. The second-order valence-corrected chi connectivity index (χ2v) is 4.64. The molecule has 3 rings (SSSR count). The van der Waals surface area contributed by atoms with E-state index in [2.05, 4.69) is 0 Å². The summed E-state index contributed by atoms with van der Waals surface area (Å²) in [4.78, 5) is 36.5. The van der Waals surface area contributed by atoms with E-state index in [0.29, 0.717) is 22.4 Å². The van der Waals surface area contributed by atoms with Gasteiger partial charge in [-0.3, -0.25) is 14.4 Å². The van der Waals surface area contributed by atoms with Gasteiger partial charge in [0.2, 0.25) is 5.78 Å². The molecular formula is C15H11NO3. The maximum atomic E-state index is 12.5. The summed E-state index contributed by atoms with van der Waals surface area (Å²) in [6, 6.07) is 6.70. The summed E-state index contributed by atoms with van der Waals surface area (Å²) in [5.74, 6) is -0.673. The standard InChI is InChI=1S/C15H11NO3/c1-8(17)11-7-16(2)13-12(11)14(18)9-5-3-4-6-10(9)15(13)19/h3-7H,1-2H3. The number of aryl methyl sites for hydroxylation is 1. The summed E-state index contributed by atoms with van der Waals surface area (Å²) in [7, 11) is 1.67. The van der Waals surface area contributed by atoms with Crippen LogP contribution in [0.15, 0.2) is 30.5 Å². The lowest BCUT2D eigenvalue weighted by atomic mass is 9.86. The molecule has 0 aliphatic heterocycles. The summed E-state index contributed by atoms with van der Waals surface area (Å²) in [5.41, 5.74) is 1.61. The summed E-state index contributed by atoms with van der Waals surface area (Å²) >= 11 is 0. The van der Waals surface area contributed by atoms with E-state index in [9.17, 15) is 14.4 Å². The summed E-state index contributed by atoms with van der Waals surface area (Å²) in [6.45, 7) is 1.40. The number of Topliss-reactive ketones (excluding diaryl/α,β-unsaturated/α-hetero) is 1. The van der Waals surface area contributed by atoms with E-state index in [1.807, 2.05) is 0 Å². The largest absolute Gasteiger partial charge is 0.346 e. The number of ketones is 3. The molecule has 1 aliphatic rings. The van der Waals surface area contributed by atoms with Crippen molar-refractivity contribution in [3.05, 3.63) is 58.4 Å². The monoisotopic (exact) mass is 253 g/mol. The van der Waals surface area contributed by atoms with Crippen molar-refractivity contribution in [3.8, 4) is 0 Å². The number of carbonyl (C=O) groups is 3. The number of carbonyl (C=O) groups excluding carboxylic acids is 3. The zero-order valence-corrected chi connectivity index (χ0v) is 10.6. The Labute approximate surface area is 109 Å². The molecule has 0 saturated carbocycles. The Morgan fingerprint density at radius 3 is 2.21 bits per heavy atom. The van der Waals surface area contributed by atoms with Crippen LogP contribution in [0.2, 0.25) is 0 Å². The van der Waals surface area contributed by atoms with Gasteiger partial charge in [-0.25, -0.2) is 0 Å². The smallest absolute Gasteiger partial charge is 0.210 e. The third-order valence-corrected chi connectivity index (χ3v) is 3.42. The normalized spacial score (nSPS) is 13.2. The number of hydrogen-bond donors (Lipinski definition) is 0. The number of aromatic nitrogens is 1. The fraction of sp³-hybridized carbons (Fsp3) is 0.133. The van der Waals surface area contributed by atoms with Crippen LogP contribution in [0.5, 0.6) is 0 Å². The van der Waals surface area contributed by atoms with E-state index in [0.717, 1.165) is 0 Å². The van der Waals surface area contributed by atoms with Crippen LogP contribution in [0.1, 0.15) is 49.3 Å². The van der Waals surface area contributed by atoms with Crippen LogP contribution in [-0.2, 0) is 7.05 Å². The maximum absolute atomic E-state index is 12.5. The van der Waals surface area contributed by atoms with Gasteiger partial charge in [-0.05, 0) is 6.92 Å². The molecule has 1 aromatic heterocycles. The molecule has 4 nitrogen and oxygen atoms in total. The molecule has 0 amide bonds. The fourth-order valence-corrected chi connectivity index (χ4v) is 2.54. The molecule has 0 fully saturated rings. The van der Waals surface area contributed by atoms with E-state index in [4.69, 9.17) is 0 Å². The molecule has 0 spiro atoms. The van der Waals surface area contributed by atoms with Crippen molar-refractivity contribution in [1.82, 2.24) is 4.57 Å². The van der Waals surface area contributed by atoms with Gasteiger partial charge in [0.1, 0.15) is 5.69 Å². The van der Waals surface area contributed by atoms with Crippen LogP contribution in [0.3, 0.4) is 0 Å². The van der Waals surface area contributed by atoms with Crippen LogP contribution >= 0.6 is 0 Å². The van der Waals surface area contributed by atoms with Gasteiger partial charge in [0, 0.05) is 29.9 Å². The van der Waals surface area contributed by atoms with E-state index in [1.54, 1.807) is 42.1 Å². The Balaban J connectivity index is 2.38. The van der Waals surface area contributed by atoms with Crippen molar-refractivity contribution < 1.29 is 14.4 Å². The number of benzene rings is 1. The molecule has 94 valence electrons. The summed E-state index contributed by atoms with van der Waals surface area (Å²) in [5, 5.41) is 0. The third-order valence-electron chi connectivity index (χ3n) is 3.42. The molecule has 0 saturated heterocycles. The minimum atomic E-state index is -0.254. The van der Waals surface area contributed by atoms with Crippen molar-refractivity contribution >= 4 is 17.3 Å². The SMILES string of the molecule is CC(=O)c1cn(C)c2c1C(=O)c1ccccc1C2=O. The second-order valence-electron chi connectivity index (χ2n) is 4.64. The number of hydrogen-bond acceptors (Lipinski definition) is 3. The summed E-state index contributed by atoms with van der Waals surface area (Å²) < 4.78 is 1.56. The van der Waals surface area contributed by atoms with Crippen LogP contribution in [-0.4, -0.2) is 21.9 Å². The lowest BCUT2D eigenvalue weighted by Gasteiger charge is -2.15. The lowest BCUT2D eigenvalue weighted by Crippen LogP contribution is -2.23. The Morgan fingerprint density at radius 1 is 1.05 bits per heavy atom. The van der Waals surface area contributed by atoms with Crippen molar-refractivity contribution in [2.45, 2.75) is 6.92 Å². The van der Waals surface area contributed by atoms with Crippen molar-refractivity contribution in [1.29, 1.82) is 0 Å². The van der Waals surface area contributed by atoms with Gasteiger partial charge in [0.25, 0.3) is 0 Å². The topological polar surface area (TPSA) is 56.1 Å². The number of fused-ring (bicyclic) bond motifs is 2. The molecule has 1 aliphatic carbocycles. The molecule has 0 N–H and O–H groups in total. The first kappa shape index (κ1) is 11.6. The molecule has 0 bridgehead atoms. The molecule has 1 aromatic carbocycles. The Hall–Kier alpha value is -2.49. The molecule has 2 aromatic rings. The lowest BCUT2D eigenvalue weighted by molar-refractivity contribution is 0.0966. The quantitative estimate of drug-likeness (QED) is 0.623. The molecule has 0 unspecified atom stereocenters. The van der Waals surface area contributed by atoms with Crippen LogP contribution in [0.4, 0.5) is 0 Å². The van der Waals surface area contributed by atoms with Crippen molar-refractivity contribution in [3.63, 3.8) is 0 Å². The predicted molar refractivity (Wildman–Crippen MR) is 68.7 cm³/mol. The summed E-state index contributed by atoms with van der Waals surface area (Å²) in [6.07, 6.45) is 1.55. The minimum absolute atomic E-state index is 0.208. The Bertz CT molecular complexity index is 753. The molecule has 19 heavy (non-hydrogen) atoms. The second kappa shape index (κ2) is 3.75. The first-order chi connectivity index (χ1) is 9.02. The van der Waals surface area contributed by atoms with E-state index >= 15 is 0 Å². The predicted octanol–water partition coefficient (Wildman–Crippen LogP) is 2.00. The molecule has 0 radical (unpaired) electrons. The van der Waals surface area contributed by atoms with Gasteiger partial charge in [-0.15, -0.1) is 0 Å². The van der Waals surface area contributed by atoms with Crippen LogP contribution < -0.4 is 0 Å². The molecule has 1 heterocycles. The van der Waals surface area contributed by atoms with Gasteiger partial charge in [0.15, 0.2) is 11.6 Å². The fourth-order valence-electron chi connectivity index (χ4n) is 2.54. The van der Waals surface area contributed by atoms with Crippen LogP contribution in [0, 0.1) is 0 Å². The minimum Gasteiger partial charge on any atom is -0.346 e. The zero-order valence-electron chi connectivity index (χ0n) is 10.6. The van der Waals surface area contributed by atoms with E-state index < -0.39 is 0 Å². The maximum Gasteiger partial charge on any atom is 0.210 e. The first-order valence-corrected chi connectivity index (χ1v) is 5.91. The molecular weight excluding hydrogens is 242 g/mol. The van der Waals surface area contributed by atoms with E-state index in [1.165, 1.54) is 6.92 Å². The highest BCUT2D eigenvalue weighted by molar-refractivity contribution is 6.30. The van der Waals surface area contributed by atoms with Gasteiger partial charge in [-0.1, -0.05) is 24.3 Å². The average Bonchev–Trinajstić information content (AvgIpc) is 2.74. The number of nitrogens with zero attached hydrogens (tertiary/aromatic N) is 1.